The molecule has 1 atom stereocenters. The minimum Gasteiger partial charge on any atom is -0.370 e. The molecule has 0 N–H and O–H groups in total. The van der Waals surface area contributed by atoms with Crippen LogP contribution in [0.2, 0.25) is 0 Å². The molecule has 2 aliphatic heterocycles. The van der Waals surface area contributed by atoms with Gasteiger partial charge in [-0.15, -0.1) is 6.58 Å². The minimum atomic E-state index is -0.291. The first-order valence-electron chi connectivity index (χ1n) is 19.1. The van der Waals surface area contributed by atoms with Crippen LogP contribution in [0.15, 0.2) is 91.6 Å². The van der Waals surface area contributed by atoms with Crippen LogP contribution in [-0.2, 0) is 23.1 Å². The zero-order chi connectivity index (χ0) is 37.2. The third-order valence-electron chi connectivity index (χ3n) is 12.2. The highest BCUT2D eigenvalue weighted by Crippen LogP contribution is 2.48. The number of likely N-dealkylation sites (N-methyl/N-ethyl adjacent to an activating group) is 1. The standard InChI is InChI=1S/C45H51N5O3/c1-5-39(8-6-25-51)48(4)42(53)41-26-40(20-14-34(41)29-52)49-27-35(28-49)33-12-17-37(18-13-33)44(2,3)36-15-9-32(10-16-36)11-19-38-21-24-46-43(47-38)50-30-45(31-50)22-7-23-45/h5,9-10,12-18,20-21,24-26,29,35,39H,1,6-8,11,19,22-23,27-28,30-31H2,2-4H3. The van der Waals surface area contributed by atoms with E-state index in [0.29, 0.717) is 35.3 Å². The summed E-state index contributed by atoms with van der Waals surface area (Å²) < 4.78 is 0. The van der Waals surface area contributed by atoms with Crippen molar-refractivity contribution < 1.29 is 14.4 Å². The lowest BCUT2D eigenvalue weighted by Crippen LogP contribution is -2.60. The quantitative estimate of drug-likeness (QED) is 0.0929. The topological polar surface area (TPSA) is 86.7 Å². The number of aromatic nitrogens is 2. The second kappa shape index (κ2) is 15.1. The van der Waals surface area contributed by atoms with Crippen LogP contribution in [0.5, 0.6) is 0 Å². The molecule has 3 aromatic carbocycles. The molecule has 3 aliphatic rings. The molecule has 1 aromatic heterocycles. The van der Waals surface area contributed by atoms with E-state index >= 15 is 0 Å². The summed E-state index contributed by atoms with van der Waals surface area (Å²) in [5.74, 6) is 1.01. The Kier molecular flexibility index (Phi) is 10.3. The van der Waals surface area contributed by atoms with Crippen LogP contribution in [0.25, 0.3) is 0 Å². The summed E-state index contributed by atoms with van der Waals surface area (Å²) in [5, 5.41) is 0. The number of hydrogen-bond donors (Lipinski definition) is 0. The maximum absolute atomic E-state index is 13.4. The Labute approximate surface area is 313 Å². The molecule has 1 unspecified atom stereocenters. The van der Waals surface area contributed by atoms with Crippen LogP contribution in [0.3, 0.4) is 0 Å². The van der Waals surface area contributed by atoms with Crippen molar-refractivity contribution in [3.05, 3.63) is 131 Å². The van der Waals surface area contributed by atoms with E-state index in [1.165, 1.54) is 41.5 Å². The summed E-state index contributed by atoms with van der Waals surface area (Å²) in [5.41, 5.74) is 8.33. The Morgan fingerprint density at radius 3 is 2.28 bits per heavy atom. The van der Waals surface area contributed by atoms with E-state index in [2.05, 4.69) is 89.8 Å². The number of anilines is 2. The zero-order valence-corrected chi connectivity index (χ0v) is 31.3. The van der Waals surface area contributed by atoms with Crippen molar-refractivity contribution in [1.29, 1.82) is 0 Å². The Hall–Kier alpha value is -5.11. The summed E-state index contributed by atoms with van der Waals surface area (Å²) in [4.78, 5) is 51.8. The van der Waals surface area contributed by atoms with Gasteiger partial charge in [0.25, 0.3) is 5.91 Å². The highest BCUT2D eigenvalue weighted by Gasteiger charge is 2.48. The average molecular weight is 710 g/mol. The van der Waals surface area contributed by atoms with Gasteiger partial charge < -0.3 is 19.5 Å². The molecule has 8 nitrogen and oxygen atoms in total. The van der Waals surface area contributed by atoms with Crippen molar-refractivity contribution in [3.8, 4) is 0 Å². The van der Waals surface area contributed by atoms with Crippen molar-refractivity contribution in [2.75, 3.05) is 43.0 Å². The van der Waals surface area contributed by atoms with Crippen LogP contribution in [0.1, 0.15) is 101 Å². The Morgan fingerprint density at radius 2 is 1.66 bits per heavy atom. The molecule has 274 valence electrons. The van der Waals surface area contributed by atoms with Crippen LogP contribution in [0.4, 0.5) is 11.6 Å². The SMILES string of the molecule is C=CC(CCC=O)N(C)C(=O)c1cc(N2CC(c3ccc(C(C)(C)c4ccc(CCc5ccnc(N6CC7(CCC7)C6)n5)cc4)cc3)C2)ccc1C=O. The fourth-order valence-electron chi connectivity index (χ4n) is 8.25. The maximum Gasteiger partial charge on any atom is 0.254 e. The number of carbonyl (C=O) groups excluding carboxylic acids is 3. The predicted octanol–water partition coefficient (Wildman–Crippen LogP) is 7.60. The maximum atomic E-state index is 13.4. The molecule has 8 heteroatoms. The molecular formula is C45H51N5O3. The molecule has 1 spiro atoms. The van der Waals surface area contributed by atoms with Gasteiger partial charge in [-0.2, -0.15) is 0 Å². The van der Waals surface area contributed by atoms with Gasteiger partial charge in [-0.3, -0.25) is 9.59 Å². The molecule has 3 fully saturated rings. The lowest BCUT2D eigenvalue weighted by Gasteiger charge is -2.55. The molecule has 0 bridgehead atoms. The van der Waals surface area contributed by atoms with Crippen LogP contribution >= 0.6 is 0 Å². The van der Waals surface area contributed by atoms with Gasteiger partial charge in [0.05, 0.1) is 11.6 Å². The molecule has 0 radical (unpaired) electrons. The van der Waals surface area contributed by atoms with Crippen molar-refractivity contribution in [1.82, 2.24) is 14.9 Å². The summed E-state index contributed by atoms with van der Waals surface area (Å²) in [6.07, 6.45) is 11.9. The van der Waals surface area contributed by atoms with Crippen LogP contribution < -0.4 is 9.80 Å². The summed E-state index contributed by atoms with van der Waals surface area (Å²) >= 11 is 0. The number of aldehydes is 2. The van der Waals surface area contributed by atoms with E-state index < -0.39 is 0 Å². The van der Waals surface area contributed by atoms with E-state index in [1.54, 1.807) is 24.1 Å². The Bertz CT molecular complexity index is 1950. The molecule has 1 aliphatic carbocycles. The largest absolute Gasteiger partial charge is 0.370 e. The van der Waals surface area contributed by atoms with Gasteiger partial charge in [-0.05, 0) is 78.6 Å². The number of hydrogen-bond acceptors (Lipinski definition) is 7. The van der Waals surface area contributed by atoms with Crippen molar-refractivity contribution in [3.63, 3.8) is 0 Å². The number of nitrogens with zero attached hydrogens (tertiary/aromatic N) is 5. The molecule has 53 heavy (non-hydrogen) atoms. The van der Waals surface area contributed by atoms with Gasteiger partial charge in [0.2, 0.25) is 5.95 Å². The second-order valence-electron chi connectivity index (χ2n) is 16.0. The van der Waals surface area contributed by atoms with Crippen LogP contribution in [0, 0.1) is 5.41 Å². The number of carbonyl (C=O) groups is 3. The van der Waals surface area contributed by atoms with Crippen LogP contribution in [-0.4, -0.2) is 72.6 Å². The van der Waals surface area contributed by atoms with E-state index in [-0.39, 0.29) is 17.4 Å². The normalized spacial score (nSPS) is 17.0. The minimum absolute atomic E-state index is 0.145. The lowest BCUT2D eigenvalue weighted by molar-refractivity contribution is -0.108. The first-order valence-corrected chi connectivity index (χ1v) is 19.1. The molecule has 2 saturated heterocycles. The fraction of sp³-hybridized carbons (Fsp3) is 0.400. The number of rotatable bonds is 15. The smallest absolute Gasteiger partial charge is 0.254 e. The summed E-state index contributed by atoms with van der Waals surface area (Å²) in [6.45, 7) is 12.3. The van der Waals surface area contributed by atoms with Gasteiger partial charge in [0.1, 0.15) is 6.29 Å². The first kappa shape index (κ1) is 36.3. The highest BCUT2D eigenvalue weighted by molar-refractivity contribution is 6.02. The average Bonchev–Trinajstić information content (AvgIpc) is 3.12. The fourth-order valence-corrected chi connectivity index (χ4v) is 8.25. The molecular weight excluding hydrogens is 659 g/mol. The van der Waals surface area contributed by atoms with Gasteiger partial charge in [-0.1, -0.05) is 74.9 Å². The van der Waals surface area contributed by atoms with Crippen molar-refractivity contribution in [2.45, 2.75) is 76.2 Å². The van der Waals surface area contributed by atoms with Gasteiger partial charge in [0.15, 0.2) is 6.29 Å². The van der Waals surface area contributed by atoms with E-state index in [9.17, 15) is 14.4 Å². The summed E-state index contributed by atoms with van der Waals surface area (Å²) in [6, 6.07) is 25.3. The summed E-state index contributed by atoms with van der Waals surface area (Å²) in [7, 11) is 1.69. The molecule has 3 heterocycles. The van der Waals surface area contributed by atoms with Gasteiger partial charge in [0, 0.05) is 79.5 Å². The lowest BCUT2D eigenvalue weighted by atomic mass is 9.64. The number of amides is 1. The molecule has 1 amide bonds. The van der Waals surface area contributed by atoms with E-state index in [1.807, 2.05) is 18.3 Å². The third kappa shape index (κ3) is 7.41. The first-order chi connectivity index (χ1) is 25.6. The predicted molar refractivity (Wildman–Crippen MR) is 211 cm³/mol. The molecule has 1 saturated carbocycles. The Balaban J connectivity index is 0.937. The molecule has 4 aromatic rings. The van der Waals surface area contributed by atoms with Gasteiger partial charge >= 0.3 is 0 Å². The van der Waals surface area contributed by atoms with Crippen molar-refractivity contribution in [2.24, 2.45) is 5.41 Å². The van der Waals surface area contributed by atoms with Gasteiger partial charge in [-0.25, -0.2) is 9.97 Å². The highest BCUT2D eigenvalue weighted by atomic mass is 16.2. The number of aryl methyl sites for hydroxylation is 2. The number of benzene rings is 3. The second-order valence-corrected chi connectivity index (χ2v) is 16.0. The molecule has 7 rings (SSSR count). The van der Waals surface area contributed by atoms with E-state index in [0.717, 1.165) is 68.9 Å². The third-order valence-corrected chi connectivity index (χ3v) is 12.2. The van der Waals surface area contributed by atoms with E-state index in [4.69, 9.17) is 4.98 Å². The Morgan fingerprint density at radius 1 is 0.962 bits per heavy atom. The monoisotopic (exact) mass is 709 g/mol. The van der Waals surface area contributed by atoms with Crippen molar-refractivity contribution >= 4 is 30.1 Å². The zero-order valence-electron chi connectivity index (χ0n) is 31.3.